The standard InChI is InChI=1S/C20H23FN2O4S/c1-28(25,26)27-13-14-4-2-7-18(10-14)23-20(24)16-8-9-19(22-12-16)15-5-3-6-17(21)11-15/h3,5-6,8-9,11-12,14,18H,2,4,7,10,13H2,1H3,(H,23,24)/t14-,18+/m0/s1. The fraction of sp³-hybridized carbons (Fsp3) is 0.400. The number of nitrogens with zero attached hydrogens (tertiary/aromatic N) is 1. The van der Waals surface area contributed by atoms with Crippen molar-refractivity contribution in [3.63, 3.8) is 0 Å². The highest BCUT2D eigenvalue weighted by Crippen LogP contribution is 2.25. The van der Waals surface area contributed by atoms with Crippen LogP contribution in [0.25, 0.3) is 11.3 Å². The third-order valence-electron chi connectivity index (χ3n) is 4.78. The van der Waals surface area contributed by atoms with Gasteiger partial charge >= 0.3 is 0 Å². The Labute approximate surface area is 164 Å². The lowest BCUT2D eigenvalue weighted by Gasteiger charge is -2.29. The van der Waals surface area contributed by atoms with E-state index in [4.69, 9.17) is 4.18 Å². The molecule has 1 aliphatic rings. The summed E-state index contributed by atoms with van der Waals surface area (Å²) in [6, 6.07) is 9.44. The Morgan fingerprint density at radius 1 is 1.29 bits per heavy atom. The van der Waals surface area contributed by atoms with Crippen LogP contribution in [0.2, 0.25) is 0 Å². The molecule has 0 aliphatic heterocycles. The Morgan fingerprint density at radius 3 is 2.79 bits per heavy atom. The number of carbonyl (C=O) groups is 1. The molecular weight excluding hydrogens is 383 g/mol. The second-order valence-corrected chi connectivity index (χ2v) is 8.78. The second-order valence-electron chi connectivity index (χ2n) is 7.13. The summed E-state index contributed by atoms with van der Waals surface area (Å²) in [5, 5.41) is 2.99. The molecule has 8 heteroatoms. The van der Waals surface area contributed by atoms with Crippen LogP contribution in [0.15, 0.2) is 42.6 Å². The maximum absolute atomic E-state index is 13.3. The maximum atomic E-state index is 13.3. The predicted molar refractivity (Wildman–Crippen MR) is 104 cm³/mol. The highest BCUT2D eigenvalue weighted by Gasteiger charge is 2.25. The number of aromatic nitrogens is 1. The highest BCUT2D eigenvalue weighted by atomic mass is 32.2. The third kappa shape index (κ3) is 5.84. The molecule has 1 aromatic carbocycles. The molecule has 1 aliphatic carbocycles. The number of halogens is 1. The van der Waals surface area contributed by atoms with Gasteiger partial charge in [0.05, 0.1) is 24.1 Å². The van der Waals surface area contributed by atoms with Crippen molar-refractivity contribution in [2.24, 2.45) is 5.92 Å². The summed E-state index contributed by atoms with van der Waals surface area (Å²) in [5.41, 5.74) is 1.66. The van der Waals surface area contributed by atoms with Gasteiger partial charge in [0.25, 0.3) is 16.0 Å². The van der Waals surface area contributed by atoms with E-state index in [0.29, 0.717) is 23.2 Å². The van der Waals surface area contributed by atoms with E-state index < -0.39 is 10.1 Å². The molecule has 0 spiro atoms. The Balaban J connectivity index is 1.58. The molecule has 0 bridgehead atoms. The maximum Gasteiger partial charge on any atom is 0.264 e. The van der Waals surface area contributed by atoms with Crippen LogP contribution in [0.5, 0.6) is 0 Å². The number of rotatable bonds is 6. The summed E-state index contributed by atoms with van der Waals surface area (Å²) in [6.45, 7) is 0.148. The molecule has 2 atom stereocenters. The predicted octanol–water partition coefficient (Wildman–Crippen LogP) is 3.15. The van der Waals surface area contributed by atoms with Crippen LogP contribution in [0.3, 0.4) is 0 Å². The zero-order chi connectivity index (χ0) is 20.1. The number of hydrogen-bond acceptors (Lipinski definition) is 5. The minimum atomic E-state index is -3.46. The van der Waals surface area contributed by atoms with E-state index in [2.05, 4.69) is 10.3 Å². The topological polar surface area (TPSA) is 85.4 Å². The smallest absolute Gasteiger partial charge is 0.264 e. The van der Waals surface area contributed by atoms with Crippen LogP contribution in [0.1, 0.15) is 36.0 Å². The Bertz CT molecular complexity index is 931. The monoisotopic (exact) mass is 406 g/mol. The van der Waals surface area contributed by atoms with Crippen molar-refractivity contribution in [2.75, 3.05) is 12.9 Å². The van der Waals surface area contributed by atoms with Crippen LogP contribution in [-0.2, 0) is 14.3 Å². The number of amides is 1. The van der Waals surface area contributed by atoms with Crippen molar-refractivity contribution in [3.8, 4) is 11.3 Å². The van der Waals surface area contributed by atoms with Crippen molar-refractivity contribution in [3.05, 3.63) is 54.0 Å². The molecule has 28 heavy (non-hydrogen) atoms. The van der Waals surface area contributed by atoms with Crippen LogP contribution in [-0.4, -0.2) is 38.2 Å². The van der Waals surface area contributed by atoms with E-state index in [1.165, 1.54) is 18.3 Å². The number of pyridine rings is 1. The van der Waals surface area contributed by atoms with Crippen molar-refractivity contribution in [1.29, 1.82) is 0 Å². The van der Waals surface area contributed by atoms with Crippen molar-refractivity contribution < 1.29 is 21.8 Å². The minimum absolute atomic E-state index is 0.0303. The number of carbonyl (C=O) groups excluding carboxylic acids is 1. The van der Waals surface area contributed by atoms with E-state index in [9.17, 15) is 17.6 Å². The van der Waals surface area contributed by atoms with Crippen LogP contribution >= 0.6 is 0 Å². The summed E-state index contributed by atoms with van der Waals surface area (Å²) in [4.78, 5) is 16.8. The molecule has 1 saturated carbocycles. The molecule has 1 heterocycles. The van der Waals surface area contributed by atoms with Gasteiger partial charge in [0.1, 0.15) is 5.82 Å². The van der Waals surface area contributed by atoms with Gasteiger partial charge in [-0.1, -0.05) is 18.6 Å². The molecule has 2 aromatic rings. The Morgan fingerprint density at radius 2 is 2.11 bits per heavy atom. The van der Waals surface area contributed by atoms with Crippen LogP contribution in [0, 0.1) is 11.7 Å². The molecule has 1 amide bonds. The minimum Gasteiger partial charge on any atom is -0.349 e. The van der Waals surface area contributed by atoms with Gasteiger partial charge in [-0.2, -0.15) is 8.42 Å². The van der Waals surface area contributed by atoms with Gasteiger partial charge < -0.3 is 5.32 Å². The fourth-order valence-corrected chi connectivity index (χ4v) is 3.85. The Kier molecular flexibility index (Phi) is 6.41. The zero-order valence-electron chi connectivity index (χ0n) is 15.6. The summed E-state index contributed by atoms with van der Waals surface area (Å²) < 4.78 is 40.5. The second kappa shape index (κ2) is 8.79. The average molecular weight is 406 g/mol. The quantitative estimate of drug-likeness (QED) is 0.745. The van der Waals surface area contributed by atoms with E-state index in [0.717, 1.165) is 25.5 Å². The van der Waals surface area contributed by atoms with Crippen molar-refractivity contribution in [1.82, 2.24) is 10.3 Å². The van der Waals surface area contributed by atoms with Gasteiger partial charge in [-0.3, -0.25) is 14.0 Å². The van der Waals surface area contributed by atoms with Crippen LogP contribution in [0.4, 0.5) is 4.39 Å². The van der Waals surface area contributed by atoms with Gasteiger partial charge in [-0.15, -0.1) is 0 Å². The summed E-state index contributed by atoms with van der Waals surface area (Å²) in [6.07, 6.45) is 5.81. The van der Waals surface area contributed by atoms with E-state index >= 15 is 0 Å². The first kappa shape index (κ1) is 20.4. The molecule has 1 N–H and O–H groups in total. The molecule has 1 fully saturated rings. The molecule has 0 radical (unpaired) electrons. The summed E-state index contributed by atoms with van der Waals surface area (Å²) >= 11 is 0. The molecule has 0 unspecified atom stereocenters. The molecule has 6 nitrogen and oxygen atoms in total. The lowest BCUT2D eigenvalue weighted by atomic mass is 9.86. The number of hydrogen-bond donors (Lipinski definition) is 1. The number of benzene rings is 1. The molecule has 150 valence electrons. The van der Waals surface area contributed by atoms with E-state index in [1.807, 2.05) is 0 Å². The van der Waals surface area contributed by atoms with Gasteiger partial charge in [0, 0.05) is 17.8 Å². The first-order valence-corrected chi connectivity index (χ1v) is 11.0. The summed E-state index contributed by atoms with van der Waals surface area (Å²) in [5.74, 6) is -0.469. The fourth-order valence-electron chi connectivity index (χ4n) is 3.41. The van der Waals surface area contributed by atoms with Crippen molar-refractivity contribution >= 4 is 16.0 Å². The van der Waals surface area contributed by atoms with Gasteiger partial charge in [0.15, 0.2) is 0 Å². The first-order chi connectivity index (χ1) is 13.3. The zero-order valence-corrected chi connectivity index (χ0v) is 16.4. The number of nitrogens with one attached hydrogen (secondary N) is 1. The van der Waals surface area contributed by atoms with Gasteiger partial charge in [0.2, 0.25) is 0 Å². The van der Waals surface area contributed by atoms with Gasteiger partial charge in [-0.05, 0) is 49.4 Å². The Hall–Kier alpha value is -2.32. The third-order valence-corrected chi connectivity index (χ3v) is 5.35. The average Bonchev–Trinajstić information content (AvgIpc) is 2.66. The molecule has 0 saturated heterocycles. The molecular formula is C20H23FN2O4S. The molecule has 3 rings (SSSR count). The normalized spacial score (nSPS) is 19.9. The van der Waals surface area contributed by atoms with Crippen molar-refractivity contribution in [2.45, 2.75) is 31.7 Å². The van der Waals surface area contributed by atoms with Crippen LogP contribution < -0.4 is 5.32 Å². The van der Waals surface area contributed by atoms with E-state index in [1.54, 1.807) is 24.3 Å². The lowest BCUT2D eigenvalue weighted by molar-refractivity contribution is 0.0910. The summed E-state index contributed by atoms with van der Waals surface area (Å²) in [7, 11) is -3.46. The first-order valence-electron chi connectivity index (χ1n) is 9.17. The largest absolute Gasteiger partial charge is 0.349 e. The van der Waals surface area contributed by atoms with Gasteiger partial charge in [-0.25, -0.2) is 4.39 Å². The SMILES string of the molecule is CS(=O)(=O)OC[C@H]1CCC[C@@H](NC(=O)c2ccc(-c3cccc(F)c3)nc2)C1. The molecule has 1 aromatic heterocycles. The van der Waals surface area contributed by atoms with E-state index in [-0.39, 0.29) is 30.3 Å². The lowest BCUT2D eigenvalue weighted by Crippen LogP contribution is -2.39. The highest BCUT2D eigenvalue weighted by molar-refractivity contribution is 7.85.